The molecule has 2 atom stereocenters. The number of nitrogens with one attached hydrogen (secondary N) is 3. The van der Waals surface area contributed by atoms with Crippen molar-refractivity contribution in [1.29, 1.82) is 0 Å². The summed E-state index contributed by atoms with van der Waals surface area (Å²) in [6.45, 7) is 9.25. The molecular weight excluding hydrogens is 400 g/mol. The summed E-state index contributed by atoms with van der Waals surface area (Å²) in [5, 5.41) is 2.13. The van der Waals surface area contributed by atoms with Crippen molar-refractivity contribution in [3.8, 4) is 0 Å². The Kier molecular flexibility index (Phi) is 6.50. The molecule has 0 spiro atoms. The molecule has 1 aliphatic heterocycles. The number of anilines is 2. The Morgan fingerprint density at radius 3 is 2.13 bits per heavy atom. The van der Waals surface area contributed by atoms with E-state index in [-0.39, 0.29) is 24.5 Å². The molecule has 3 rings (SSSR count). The first-order valence-corrected chi connectivity index (χ1v) is 11.6. The number of carbonyl (C=O) groups excluding carboxylic acids is 1. The van der Waals surface area contributed by atoms with E-state index < -0.39 is 15.3 Å². The number of amides is 1. The highest BCUT2D eigenvalue weighted by Crippen LogP contribution is 2.26. The van der Waals surface area contributed by atoms with Gasteiger partial charge in [-0.25, -0.2) is 8.42 Å². The molecule has 0 aromatic heterocycles. The van der Waals surface area contributed by atoms with E-state index in [2.05, 4.69) is 16.2 Å². The molecular formula is C22H30N4O3S. The lowest BCUT2D eigenvalue weighted by Crippen LogP contribution is -2.49. The topological polar surface area (TPSA) is 90.5 Å². The van der Waals surface area contributed by atoms with E-state index in [1.165, 1.54) is 4.31 Å². The summed E-state index contributed by atoms with van der Waals surface area (Å²) in [5.41, 5.74) is 10.3. The third kappa shape index (κ3) is 4.66. The Morgan fingerprint density at radius 2 is 1.57 bits per heavy atom. The van der Waals surface area contributed by atoms with E-state index in [9.17, 15) is 13.2 Å². The highest BCUT2D eigenvalue weighted by Gasteiger charge is 2.44. The average Bonchev–Trinajstić information content (AvgIpc) is 3.02. The Hall–Kier alpha value is -2.42. The van der Waals surface area contributed by atoms with Gasteiger partial charge in [0, 0.05) is 17.8 Å². The number of nitrogens with zero attached hydrogens (tertiary/aromatic N) is 1. The molecule has 1 heterocycles. The smallest absolute Gasteiger partial charge is 0.245 e. The normalized spacial score (nSPS) is 21.4. The fraction of sp³-hybridized carbons (Fsp3) is 0.409. The lowest BCUT2D eigenvalue weighted by molar-refractivity contribution is -0.114. The zero-order chi connectivity index (χ0) is 22.1. The van der Waals surface area contributed by atoms with Crippen LogP contribution < -0.4 is 20.5 Å². The maximum atomic E-state index is 13.6. The SMILES string of the molecule is Cc1ccc(N(CC(=O)Nc2ccc(C)c(C)c2)S(=O)(=O)C2C(C)NNC2C)cc1. The summed E-state index contributed by atoms with van der Waals surface area (Å²) >= 11 is 0. The van der Waals surface area contributed by atoms with Gasteiger partial charge in [-0.3, -0.25) is 20.0 Å². The number of hydrogen-bond donors (Lipinski definition) is 3. The highest BCUT2D eigenvalue weighted by atomic mass is 32.2. The highest BCUT2D eigenvalue weighted by molar-refractivity contribution is 7.93. The number of carbonyl (C=O) groups is 1. The average molecular weight is 431 g/mol. The van der Waals surface area contributed by atoms with Gasteiger partial charge in [-0.1, -0.05) is 23.8 Å². The third-order valence-corrected chi connectivity index (χ3v) is 8.03. The number of sulfonamides is 1. The summed E-state index contributed by atoms with van der Waals surface area (Å²) < 4.78 is 28.4. The van der Waals surface area contributed by atoms with Crippen LogP contribution in [0.4, 0.5) is 11.4 Å². The number of hydrazine groups is 1. The number of aryl methyl sites for hydroxylation is 3. The molecule has 0 saturated carbocycles. The minimum absolute atomic E-state index is 0.291. The Bertz CT molecular complexity index is 1010. The Labute approximate surface area is 178 Å². The van der Waals surface area contributed by atoms with Crippen LogP contribution >= 0.6 is 0 Å². The fourth-order valence-electron chi connectivity index (χ4n) is 3.71. The van der Waals surface area contributed by atoms with Gasteiger partial charge in [0.1, 0.15) is 11.8 Å². The molecule has 1 amide bonds. The molecule has 1 aliphatic rings. The number of rotatable bonds is 6. The minimum atomic E-state index is -3.82. The molecule has 2 unspecified atom stereocenters. The standard InChI is InChI=1S/C22H30N4O3S/c1-14-6-10-20(11-7-14)26(30(28,29)22-17(4)24-25-18(22)5)13-21(27)23-19-9-8-15(2)16(3)12-19/h6-12,17-18,22,24-25H,13H2,1-5H3,(H,23,27). The second kappa shape index (κ2) is 8.75. The van der Waals surface area contributed by atoms with Crippen LogP contribution in [0.25, 0.3) is 0 Å². The van der Waals surface area contributed by atoms with Crippen molar-refractivity contribution < 1.29 is 13.2 Å². The molecule has 0 aliphatic carbocycles. The first-order chi connectivity index (χ1) is 14.1. The number of hydrogen-bond acceptors (Lipinski definition) is 5. The van der Waals surface area contributed by atoms with Gasteiger partial charge in [0.25, 0.3) is 0 Å². The van der Waals surface area contributed by atoms with Crippen LogP contribution in [-0.4, -0.2) is 38.2 Å². The van der Waals surface area contributed by atoms with Crippen molar-refractivity contribution in [1.82, 2.24) is 10.9 Å². The van der Waals surface area contributed by atoms with Crippen LogP contribution in [-0.2, 0) is 14.8 Å². The van der Waals surface area contributed by atoms with Gasteiger partial charge in [-0.2, -0.15) is 0 Å². The van der Waals surface area contributed by atoms with Crippen LogP contribution in [0.5, 0.6) is 0 Å². The van der Waals surface area contributed by atoms with Crippen molar-refractivity contribution in [3.05, 3.63) is 59.2 Å². The van der Waals surface area contributed by atoms with E-state index >= 15 is 0 Å². The van der Waals surface area contributed by atoms with Gasteiger partial charge in [-0.05, 0) is 70.0 Å². The maximum absolute atomic E-state index is 13.6. The molecule has 3 N–H and O–H groups in total. The molecule has 162 valence electrons. The largest absolute Gasteiger partial charge is 0.325 e. The van der Waals surface area contributed by atoms with Gasteiger partial charge in [0.05, 0.1) is 5.69 Å². The van der Waals surface area contributed by atoms with E-state index in [1.807, 2.05) is 65.0 Å². The molecule has 0 bridgehead atoms. The quantitative estimate of drug-likeness (QED) is 0.655. The zero-order valence-corrected chi connectivity index (χ0v) is 18.9. The summed E-state index contributed by atoms with van der Waals surface area (Å²) in [5.74, 6) is -0.387. The van der Waals surface area contributed by atoms with Crippen molar-refractivity contribution in [3.63, 3.8) is 0 Å². The molecule has 0 radical (unpaired) electrons. The monoisotopic (exact) mass is 430 g/mol. The predicted octanol–water partition coefficient (Wildman–Crippen LogP) is 2.64. The zero-order valence-electron chi connectivity index (χ0n) is 18.1. The second-order valence-corrected chi connectivity index (χ2v) is 10.1. The van der Waals surface area contributed by atoms with Crippen LogP contribution in [0.1, 0.15) is 30.5 Å². The maximum Gasteiger partial charge on any atom is 0.245 e. The molecule has 7 nitrogen and oxygen atoms in total. The van der Waals surface area contributed by atoms with Gasteiger partial charge in [0.15, 0.2) is 0 Å². The first kappa shape index (κ1) is 22.3. The summed E-state index contributed by atoms with van der Waals surface area (Å²) in [6.07, 6.45) is 0. The van der Waals surface area contributed by atoms with Crippen molar-refractivity contribution in [2.45, 2.75) is 52.0 Å². The Balaban J connectivity index is 1.90. The van der Waals surface area contributed by atoms with E-state index in [0.29, 0.717) is 11.4 Å². The molecule has 8 heteroatoms. The first-order valence-electron chi connectivity index (χ1n) is 10.1. The molecule has 1 saturated heterocycles. The minimum Gasteiger partial charge on any atom is -0.325 e. The molecule has 1 fully saturated rings. The Morgan fingerprint density at radius 1 is 0.967 bits per heavy atom. The van der Waals surface area contributed by atoms with Crippen LogP contribution in [0.2, 0.25) is 0 Å². The van der Waals surface area contributed by atoms with Crippen molar-refractivity contribution >= 4 is 27.3 Å². The third-order valence-electron chi connectivity index (χ3n) is 5.58. The lowest BCUT2D eigenvalue weighted by Gasteiger charge is -2.30. The van der Waals surface area contributed by atoms with E-state index in [4.69, 9.17) is 0 Å². The van der Waals surface area contributed by atoms with Crippen molar-refractivity contribution in [2.75, 3.05) is 16.2 Å². The molecule has 2 aromatic carbocycles. The van der Waals surface area contributed by atoms with Gasteiger partial charge < -0.3 is 5.32 Å². The lowest BCUT2D eigenvalue weighted by atomic mass is 10.1. The van der Waals surface area contributed by atoms with Crippen molar-refractivity contribution in [2.24, 2.45) is 0 Å². The van der Waals surface area contributed by atoms with E-state index in [0.717, 1.165) is 16.7 Å². The molecule has 30 heavy (non-hydrogen) atoms. The van der Waals surface area contributed by atoms with Crippen LogP contribution in [0, 0.1) is 20.8 Å². The summed E-state index contributed by atoms with van der Waals surface area (Å²) in [7, 11) is -3.82. The van der Waals surface area contributed by atoms with E-state index in [1.54, 1.807) is 12.1 Å². The van der Waals surface area contributed by atoms with Gasteiger partial charge in [-0.15, -0.1) is 0 Å². The number of benzene rings is 2. The van der Waals surface area contributed by atoms with Crippen LogP contribution in [0.3, 0.4) is 0 Å². The van der Waals surface area contributed by atoms with Crippen LogP contribution in [0.15, 0.2) is 42.5 Å². The summed E-state index contributed by atoms with van der Waals surface area (Å²) in [6, 6.07) is 12.2. The predicted molar refractivity (Wildman–Crippen MR) is 121 cm³/mol. The molecule has 2 aromatic rings. The fourth-order valence-corrected chi connectivity index (χ4v) is 5.89. The van der Waals surface area contributed by atoms with Gasteiger partial charge >= 0.3 is 0 Å². The summed E-state index contributed by atoms with van der Waals surface area (Å²) in [4.78, 5) is 12.8. The van der Waals surface area contributed by atoms with Gasteiger partial charge in [0.2, 0.25) is 15.9 Å². The second-order valence-electron chi connectivity index (χ2n) is 8.06.